The molecule has 0 aliphatic rings. The summed E-state index contributed by atoms with van der Waals surface area (Å²) < 4.78 is 22.7. The van der Waals surface area contributed by atoms with Crippen molar-refractivity contribution in [2.75, 3.05) is 0 Å². The van der Waals surface area contributed by atoms with Gasteiger partial charge in [-0.05, 0) is 32.3 Å². The smallest absolute Gasteiger partial charge is 0.252 e. The summed E-state index contributed by atoms with van der Waals surface area (Å²) in [4.78, 5) is 12.2. The maximum absolute atomic E-state index is 12.2. The molecule has 0 spiro atoms. The van der Waals surface area contributed by atoms with E-state index < -0.39 is 10.0 Å². The van der Waals surface area contributed by atoms with Crippen molar-refractivity contribution in [2.24, 2.45) is 5.14 Å². The molecule has 1 aromatic heterocycles. The highest BCUT2D eigenvalue weighted by Gasteiger charge is 2.26. The molecule has 0 radical (unpaired) electrons. The molecular formula is C12H20N2O3S2. The minimum Gasteiger partial charge on any atom is -0.347 e. The highest BCUT2D eigenvalue weighted by Crippen LogP contribution is 2.26. The van der Waals surface area contributed by atoms with E-state index in [9.17, 15) is 13.2 Å². The normalized spacial score (nSPS) is 12.5. The van der Waals surface area contributed by atoms with Gasteiger partial charge < -0.3 is 5.32 Å². The molecule has 1 rings (SSSR count). The zero-order valence-corrected chi connectivity index (χ0v) is 13.2. The van der Waals surface area contributed by atoms with Crippen molar-refractivity contribution in [3.63, 3.8) is 0 Å². The lowest BCUT2D eigenvalue weighted by atomic mass is 9.95. The number of hydrogen-bond donors (Lipinski definition) is 2. The van der Waals surface area contributed by atoms with Crippen molar-refractivity contribution >= 4 is 27.3 Å². The molecule has 1 heterocycles. The van der Waals surface area contributed by atoms with E-state index in [1.807, 2.05) is 20.8 Å². The van der Waals surface area contributed by atoms with Gasteiger partial charge in [0.05, 0.1) is 5.56 Å². The number of thiophene rings is 1. The van der Waals surface area contributed by atoms with Gasteiger partial charge in [0.1, 0.15) is 4.21 Å². The lowest BCUT2D eigenvalue weighted by Gasteiger charge is -2.28. The van der Waals surface area contributed by atoms with Crippen molar-refractivity contribution in [3.05, 3.63) is 16.5 Å². The Hall–Kier alpha value is -0.920. The fourth-order valence-electron chi connectivity index (χ4n) is 1.67. The van der Waals surface area contributed by atoms with Crippen molar-refractivity contribution < 1.29 is 13.2 Å². The molecule has 1 aromatic rings. The zero-order chi connectivity index (χ0) is 14.8. The fourth-order valence-corrected chi connectivity index (χ4v) is 3.68. The van der Waals surface area contributed by atoms with Gasteiger partial charge in [-0.25, -0.2) is 13.6 Å². The number of nitrogens with two attached hydrogens (primary N) is 1. The molecule has 0 unspecified atom stereocenters. The Morgan fingerprint density at radius 2 is 1.95 bits per heavy atom. The van der Waals surface area contributed by atoms with Crippen LogP contribution in [0, 0.1) is 6.92 Å². The first-order chi connectivity index (χ1) is 8.64. The number of carbonyl (C=O) groups excluding carboxylic acids is 1. The molecule has 0 bridgehead atoms. The summed E-state index contributed by atoms with van der Waals surface area (Å²) >= 11 is 0.979. The number of amides is 1. The molecule has 0 fully saturated rings. The van der Waals surface area contributed by atoms with Gasteiger partial charge in [-0.15, -0.1) is 11.3 Å². The molecule has 0 aromatic carbocycles. The molecule has 3 N–H and O–H groups in total. The predicted molar refractivity (Wildman–Crippen MR) is 76.9 cm³/mol. The van der Waals surface area contributed by atoms with Crippen LogP contribution in [0.4, 0.5) is 0 Å². The summed E-state index contributed by atoms with van der Waals surface area (Å²) in [5, 5.41) is 9.59. The van der Waals surface area contributed by atoms with Crippen LogP contribution in [0.2, 0.25) is 0 Å². The SMILES string of the molecule is CCC(C)(CC)NC(=O)c1csc(S(N)(=O)=O)c1C. The van der Waals surface area contributed by atoms with Crippen LogP contribution in [0.5, 0.6) is 0 Å². The van der Waals surface area contributed by atoms with Crippen molar-refractivity contribution in [1.82, 2.24) is 5.32 Å². The monoisotopic (exact) mass is 304 g/mol. The number of hydrogen-bond acceptors (Lipinski definition) is 4. The maximum Gasteiger partial charge on any atom is 0.252 e. The second-order valence-electron chi connectivity index (χ2n) is 4.83. The molecule has 0 aliphatic heterocycles. The lowest BCUT2D eigenvalue weighted by molar-refractivity contribution is 0.0901. The molecular weight excluding hydrogens is 284 g/mol. The molecule has 19 heavy (non-hydrogen) atoms. The third kappa shape index (κ3) is 3.55. The number of sulfonamides is 1. The second-order valence-corrected chi connectivity index (χ2v) is 7.47. The quantitative estimate of drug-likeness (QED) is 0.872. The van der Waals surface area contributed by atoms with Crippen molar-refractivity contribution in [3.8, 4) is 0 Å². The van der Waals surface area contributed by atoms with Crippen LogP contribution in [0.3, 0.4) is 0 Å². The number of carbonyl (C=O) groups is 1. The van der Waals surface area contributed by atoms with Gasteiger partial charge in [-0.1, -0.05) is 13.8 Å². The molecule has 0 aliphatic carbocycles. The first kappa shape index (κ1) is 16.1. The van der Waals surface area contributed by atoms with Gasteiger partial charge in [0.25, 0.3) is 5.91 Å². The molecule has 0 atom stereocenters. The van der Waals surface area contributed by atoms with Gasteiger partial charge in [-0.2, -0.15) is 0 Å². The van der Waals surface area contributed by atoms with E-state index in [4.69, 9.17) is 5.14 Å². The van der Waals surface area contributed by atoms with Gasteiger partial charge >= 0.3 is 0 Å². The van der Waals surface area contributed by atoms with Crippen molar-refractivity contribution in [1.29, 1.82) is 0 Å². The molecule has 5 nitrogen and oxygen atoms in total. The Kier molecular flexibility index (Phi) is 4.76. The number of nitrogens with one attached hydrogen (secondary N) is 1. The van der Waals surface area contributed by atoms with Crippen LogP contribution in [0.15, 0.2) is 9.59 Å². The van der Waals surface area contributed by atoms with E-state index in [1.54, 1.807) is 6.92 Å². The Morgan fingerprint density at radius 1 is 1.42 bits per heavy atom. The topological polar surface area (TPSA) is 89.3 Å². The van der Waals surface area contributed by atoms with Crippen LogP contribution >= 0.6 is 11.3 Å². The molecule has 0 saturated carbocycles. The van der Waals surface area contributed by atoms with E-state index >= 15 is 0 Å². The van der Waals surface area contributed by atoms with E-state index in [1.165, 1.54) is 5.38 Å². The maximum atomic E-state index is 12.2. The first-order valence-corrected chi connectivity index (χ1v) is 8.50. The lowest BCUT2D eigenvalue weighted by Crippen LogP contribution is -2.45. The van der Waals surface area contributed by atoms with Crippen LogP contribution in [0.1, 0.15) is 49.5 Å². The Morgan fingerprint density at radius 3 is 2.32 bits per heavy atom. The Bertz CT molecular complexity index is 572. The van der Waals surface area contributed by atoms with E-state index in [2.05, 4.69) is 5.32 Å². The predicted octanol–water partition coefficient (Wildman–Crippen LogP) is 2.01. The Labute approximate surface area is 118 Å². The summed E-state index contributed by atoms with van der Waals surface area (Å²) in [5.41, 5.74) is 0.509. The van der Waals surface area contributed by atoms with Crippen LogP contribution in [0.25, 0.3) is 0 Å². The summed E-state index contributed by atoms with van der Waals surface area (Å²) in [5.74, 6) is -0.255. The third-order valence-corrected chi connectivity index (χ3v) is 6.16. The molecule has 7 heteroatoms. The average Bonchev–Trinajstić information content (AvgIpc) is 2.70. The van der Waals surface area contributed by atoms with E-state index in [-0.39, 0.29) is 15.7 Å². The summed E-state index contributed by atoms with van der Waals surface area (Å²) in [6, 6.07) is 0. The summed E-state index contributed by atoms with van der Waals surface area (Å²) in [6.07, 6.45) is 1.61. The largest absolute Gasteiger partial charge is 0.347 e. The number of primary sulfonamides is 1. The van der Waals surface area contributed by atoms with Crippen LogP contribution in [-0.2, 0) is 10.0 Å². The van der Waals surface area contributed by atoms with Crippen LogP contribution < -0.4 is 10.5 Å². The van der Waals surface area contributed by atoms with Crippen LogP contribution in [-0.4, -0.2) is 19.9 Å². The van der Waals surface area contributed by atoms with Gasteiger partial charge in [-0.3, -0.25) is 4.79 Å². The van der Waals surface area contributed by atoms with Gasteiger partial charge in [0.2, 0.25) is 10.0 Å². The van der Waals surface area contributed by atoms with Gasteiger partial charge in [0.15, 0.2) is 0 Å². The minimum atomic E-state index is -3.76. The van der Waals surface area contributed by atoms with Gasteiger partial charge in [0, 0.05) is 10.9 Å². The third-order valence-electron chi connectivity index (χ3n) is 3.47. The summed E-state index contributed by atoms with van der Waals surface area (Å²) in [7, 11) is -3.76. The highest BCUT2D eigenvalue weighted by molar-refractivity contribution is 7.91. The highest BCUT2D eigenvalue weighted by atomic mass is 32.2. The van der Waals surface area contributed by atoms with Crippen molar-refractivity contribution in [2.45, 2.75) is 50.3 Å². The van der Waals surface area contributed by atoms with E-state index in [0.29, 0.717) is 11.1 Å². The first-order valence-electron chi connectivity index (χ1n) is 6.08. The molecule has 108 valence electrons. The zero-order valence-electron chi connectivity index (χ0n) is 11.6. The average molecular weight is 304 g/mol. The van der Waals surface area contributed by atoms with E-state index in [0.717, 1.165) is 24.2 Å². The Balaban J connectivity index is 3.06. The second kappa shape index (κ2) is 5.60. The fraction of sp³-hybridized carbons (Fsp3) is 0.583. The molecule has 1 amide bonds. The standard InChI is InChI=1S/C12H20N2O3S2/c1-5-12(4,6-2)14-10(15)9-7-18-11(8(9)3)19(13,16)17/h7H,5-6H2,1-4H3,(H,14,15)(H2,13,16,17). The number of rotatable bonds is 5. The summed E-state index contributed by atoms with van der Waals surface area (Å²) in [6.45, 7) is 7.56. The minimum absolute atomic E-state index is 0.0485. The molecule has 0 saturated heterocycles.